The van der Waals surface area contributed by atoms with E-state index in [0.717, 1.165) is 25.7 Å². The Morgan fingerprint density at radius 3 is 2.58 bits per heavy atom. The van der Waals surface area contributed by atoms with Crippen LogP contribution in [-0.2, 0) is 16.0 Å². The van der Waals surface area contributed by atoms with E-state index in [2.05, 4.69) is 17.6 Å². The molecule has 1 aliphatic carbocycles. The Hall–Kier alpha value is -1.89. The van der Waals surface area contributed by atoms with Gasteiger partial charge in [-0.15, -0.1) is 11.3 Å². The summed E-state index contributed by atoms with van der Waals surface area (Å²) in [5.74, 6) is -0.131. The lowest BCUT2D eigenvalue weighted by Gasteiger charge is -2.32. The van der Waals surface area contributed by atoms with Gasteiger partial charge in [0, 0.05) is 29.9 Å². The number of rotatable bonds is 6. The van der Waals surface area contributed by atoms with Crippen molar-refractivity contribution < 1.29 is 14.4 Å². The van der Waals surface area contributed by atoms with Gasteiger partial charge in [-0.05, 0) is 44.7 Å². The van der Waals surface area contributed by atoms with Crippen LogP contribution in [0.5, 0.6) is 0 Å². The minimum atomic E-state index is -0.483. The molecule has 142 valence electrons. The fourth-order valence-electron chi connectivity index (χ4n) is 3.56. The van der Waals surface area contributed by atoms with Gasteiger partial charge in [0.05, 0.1) is 4.88 Å². The molecule has 0 aromatic carbocycles. The standard InChI is InChI=1S/C19H27N3O3S/c1-3-14-8-9-16(26-14)18(24)21-13-10-15(17(23)20-4-2)22(11-13)19(25)12-6-5-7-12/h8-9,12-13,15H,3-7,10-11H2,1-2H3,(H,20,23)(H,21,24). The molecule has 1 aromatic heterocycles. The van der Waals surface area contributed by atoms with Gasteiger partial charge in [-0.3, -0.25) is 14.4 Å². The van der Waals surface area contributed by atoms with Crippen LogP contribution in [-0.4, -0.2) is 47.8 Å². The number of amides is 3. The zero-order valence-corrected chi connectivity index (χ0v) is 16.2. The highest BCUT2D eigenvalue weighted by atomic mass is 32.1. The highest BCUT2D eigenvalue weighted by Gasteiger charge is 2.43. The predicted octanol–water partition coefficient (Wildman–Crippen LogP) is 1.95. The number of hydrogen-bond acceptors (Lipinski definition) is 4. The van der Waals surface area contributed by atoms with E-state index < -0.39 is 6.04 Å². The number of likely N-dealkylation sites (tertiary alicyclic amines) is 1. The van der Waals surface area contributed by atoms with Crippen molar-refractivity contribution in [2.24, 2.45) is 5.92 Å². The number of likely N-dealkylation sites (N-methyl/N-ethyl adjacent to an activating group) is 1. The Morgan fingerprint density at radius 1 is 1.23 bits per heavy atom. The molecule has 0 spiro atoms. The smallest absolute Gasteiger partial charge is 0.261 e. The molecule has 1 saturated carbocycles. The minimum absolute atomic E-state index is 0.0470. The molecule has 3 rings (SSSR count). The monoisotopic (exact) mass is 377 g/mol. The van der Waals surface area contributed by atoms with Gasteiger partial charge in [0.15, 0.2) is 0 Å². The first-order valence-corrected chi connectivity index (χ1v) is 10.3. The van der Waals surface area contributed by atoms with Crippen molar-refractivity contribution in [3.63, 3.8) is 0 Å². The van der Waals surface area contributed by atoms with Gasteiger partial charge < -0.3 is 15.5 Å². The maximum absolute atomic E-state index is 12.7. The van der Waals surface area contributed by atoms with Gasteiger partial charge in [-0.2, -0.15) is 0 Å². The third-order valence-electron chi connectivity index (χ3n) is 5.26. The Bertz CT molecular complexity index is 683. The molecule has 2 fully saturated rings. The molecule has 2 atom stereocenters. The summed E-state index contributed by atoms with van der Waals surface area (Å²) in [5, 5.41) is 5.84. The van der Waals surface area contributed by atoms with Crippen LogP contribution >= 0.6 is 11.3 Å². The van der Waals surface area contributed by atoms with Crippen LogP contribution < -0.4 is 10.6 Å². The second kappa shape index (κ2) is 8.20. The van der Waals surface area contributed by atoms with E-state index in [1.54, 1.807) is 4.90 Å². The molecular formula is C19H27N3O3S. The highest BCUT2D eigenvalue weighted by Crippen LogP contribution is 2.31. The highest BCUT2D eigenvalue weighted by molar-refractivity contribution is 7.14. The molecule has 0 bridgehead atoms. The molecule has 26 heavy (non-hydrogen) atoms. The van der Waals surface area contributed by atoms with E-state index in [9.17, 15) is 14.4 Å². The number of carbonyl (C=O) groups excluding carboxylic acids is 3. The molecule has 1 aliphatic heterocycles. The first-order chi connectivity index (χ1) is 12.5. The lowest BCUT2D eigenvalue weighted by Crippen LogP contribution is -2.49. The van der Waals surface area contributed by atoms with Crippen LogP contribution in [0.15, 0.2) is 12.1 Å². The number of thiophene rings is 1. The van der Waals surface area contributed by atoms with Gasteiger partial charge in [0.1, 0.15) is 6.04 Å². The van der Waals surface area contributed by atoms with Crippen LogP contribution in [0, 0.1) is 5.92 Å². The van der Waals surface area contributed by atoms with Crippen molar-refractivity contribution in [2.75, 3.05) is 13.1 Å². The molecule has 0 radical (unpaired) electrons. The summed E-state index contributed by atoms with van der Waals surface area (Å²) in [7, 11) is 0. The van der Waals surface area contributed by atoms with E-state index in [4.69, 9.17) is 0 Å². The summed E-state index contributed by atoms with van der Waals surface area (Å²) in [4.78, 5) is 41.2. The topological polar surface area (TPSA) is 78.5 Å². The zero-order valence-electron chi connectivity index (χ0n) is 15.4. The predicted molar refractivity (Wildman–Crippen MR) is 101 cm³/mol. The van der Waals surface area contributed by atoms with Crippen molar-refractivity contribution in [1.82, 2.24) is 15.5 Å². The number of aryl methyl sites for hydroxylation is 1. The summed E-state index contributed by atoms with van der Waals surface area (Å²) < 4.78 is 0. The van der Waals surface area contributed by atoms with Gasteiger partial charge in [0.25, 0.3) is 5.91 Å². The van der Waals surface area contributed by atoms with Crippen molar-refractivity contribution in [3.05, 3.63) is 21.9 Å². The summed E-state index contributed by atoms with van der Waals surface area (Å²) in [6.07, 6.45) is 4.27. The fourth-order valence-corrected chi connectivity index (χ4v) is 4.41. The van der Waals surface area contributed by atoms with Crippen LogP contribution in [0.2, 0.25) is 0 Å². The molecule has 1 aromatic rings. The first-order valence-electron chi connectivity index (χ1n) is 9.51. The first kappa shape index (κ1) is 18.9. The maximum Gasteiger partial charge on any atom is 0.261 e. The fraction of sp³-hybridized carbons (Fsp3) is 0.632. The Labute approximate surface area is 158 Å². The van der Waals surface area contributed by atoms with E-state index >= 15 is 0 Å². The average molecular weight is 378 g/mol. The molecule has 2 aliphatic rings. The summed E-state index contributed by atoms with van der Waals surface area (Å²) in [5.41, 5.74) is 0. The van der Waals surface area contributed by atoms with E-state index in [1.165, 1.54) is 16.2 Å². The van der Waals surface area contributed by atoms with Gasteiger partial charge >= 0.3 is 0 Å². The van der Waals surface area contributed by atoms with Crippen molar-refractivity contribution in [1.29, 1.82) is 0 Å². The number of carbonyl (C=O) groups is 3. The van der Waals surface area contributed by atoms with Crippen molar-refractivity contribution in [3.8, 4) is 0 Å². The maximum atomic E-state index is 12.7. The van der Waals surface area contributed by atoms with E-state index in [-0.39, 0.29) is 29.7 Å². The third kappa shape index (κ3) is 3.92. The molecule has 7 heteroatoms. The minimum Gasteiger partial charge on any atom is -0.355 e. The van der Waals surface area contributed by atoms with E-state index in [1.807, 2.05) is 19.1 Å². The van der Waals surface area contributed by atoms with Crippen LogP contribution in [0.4, 0.5) is 0 Å². The van der Waals surface area contributed by atoms with Gasteiger partial charge in [-0.1, -0.05) is 13.3 Å². The van der Waals surface area contributed by atoms with Gasteiger partial charge in [0.2, 0.25) is 11.8 Å². The molecular weight excluding hydrogens is 350 g/mol. The molecule has 6 nitrogen and oxygen atoms in total. The Balaban J connectivity index is 1.67. The number of nitrogens with one attached hydrogen (secondary N) is 2. The van der Waals surface area contributed by atoms with Crippen LogP contribution in [0.25, 0.3) is 0 Å². The second-order valence-corrected chi connectivity index (χ2v) is 8.22. The van der Waals surface area contributed by atoms with E-state index in [0.29, 0.717) is 24.4 Å². The summed E-state index contributed by atoms with van der Waals surface area (Å²) >= 11 is 1.49. The number of hydrogen-bond donors (Lipinski definition) is 2. The van der Waals surface area contributed by atoms with Crippen molar-refractivity contribution in [2.45, 2.75) is 58.0 Å². The Morgan fingerprint density at radius 2 is 2.00 bits per heavy atom. The molecule has 2 N–H and O–H groups in total. The number of nitrogens with zero attached hydrogens (tertiary/aromatic N) is 1. The zero-order chi connectivity index (χ0) is 18.7. The molecule has 2 heterocycles. The average Bonchev–Trinajstić information content (AvgIpc) is 3.20. The van der Waals surface area contributed by atoms with Gasteiger partial charge in [-0.25, -0.2) is 0 Å². The lowest BCUT2D eigenvalue weighted by molar-refractivity contribution is -0.143. The van der Waals surface area contributed by atoms with Crippen LogP contribution in [0.3, 0.4) is 0 Å². The molecule has 3 amide bonds. The molecule has 2 unspecified atom stereocenters. The summed E-state index contributed by atoms with van der Waals surface area (Å²) in [6.45, 7) is 4.87. The van der Waals surface area contributed by atoms with Crippen LogP contribution in [0.1, 0.15) is 54.1 Å². The second-order valence-electron chi connectivity index (χ2n) is 7.05. The Kier molecular flexibility index (Phi) is 5.96. The summed E-state index contributed by atoms with van der Waals surface area (Å²) in [6, 6.07) is 3.14. The normalized spacial score (nSPS) is 22.8. The SMILES string of the molecule is CCNC(=O)C1CC(NC(=O)c2ccc(CC)s2)CN1C(=O)C1CCC1. The lowest BCUT2D eigenvalue weighted by atomic mass is 9.84. The largest absolute Gasteiger partial charge is 0.355 e. The van der Waals surface area contributed by atoms with Crippen molar-refractivity contribution >= 4 is 29.1 Å². The quantitative estimate of drug-likeness (QED) is 0.795. The molecule has 1 saturated heterocycles. The third-order valence-corrected chi connectivity index (χ3v) is 6.49.